The first kappa shape index (κ1) is 14.0. The van der Waals surface area contributed by atoms with Crippen molar-refractivity contribution in [3.05, 3.63) is 35.7 Å². The fourth-order valence-electron chi connectivity index (χ4n) is 1.82. The van der Waals surface area contributed by atoms with Gasteiger partial charge in [-0.05, 0) is 18.6 Å². The molecule has 6 nitrogen and oxygen atoms in total. The van der Waals surface area contributed by atoms with Crippen LogP contribution in [0.25, 0.3) is 0 Å². The van der Waals surface area contributed by atoms with Crippen molar-refractivity contribution >= 4 is 6.29 Å². The Kier molecular flexibility index (Phi) is 4.70. The van der Waals surface area contributed by atoms with Gasteiger partial charge in [0.1, 0.15) is 23.8 Å². The second-order valence-electron chi connectivity index (χ2n) is 4.23. The number of rotatable bonds is 7. The van der Waals surface area contributed by atoms with Crippen molar-refractivity contribution in [1.29, 1.82) is 0 Å². The lowest BCUT2D eigenvalue weighted by Crippen LogP contribution is -2.09. The van der Waals surface area contributed by atoms with Crippen LogP contribution in [0, 0.1) is 0 Å². The van der Waals surface area contributed by atoms with Gasteiger partial charge in [-0.15, -0.1) is 5.10 Å². The van der Waals surface area contributed by atoms with Crippen LogP contribution in [0.5, 0.6) is 11.5 Å². The molecule has 0 bridgehead atoms. The summed E-state index contributed by atoms with van der Waals surface area (Å²) in [5, 5.41) is 7.79. The number of aldehydes is 1. The van der Waals surface area contributed by atoms with E-state index in [0.717, 1.165) is 12.2 Å². The summed E-state index contributed by atoms with van der Waals surface area (Å²) in [6.07, 6.45) is 1.61. The Balaban J connectivity index is 2.13. The first-order chi connectivity index (χ1) is 9.78. The zero-order valence-electron chi connectivity index (χ0n) is 11.6. The van der Waals surface area contributed by atoms with Crippen molar-refractivity contribution in [1.82, 2.24) is 15.0 Å². The molecular weight excluding hydrogens is 258 g/mol. The summed E-state index contributed by atoms with van der Waals surface area (Å²) in [6, 6.07) is 7.30. The van der Waals surface area contributed by atoms with Gasteiger partial charge in [-0.1, -0.05) is 18.2 Å². The minimum Gasteiger partial charge on any atom is -0.497 e. The van der Waals surface area contributed by atoms with Crippen molar-refractivity contribution in [2.45, 2.75) is 26.5 Å². The predicted octanol–water partition coefficient (Wildman–Crippen LogP) is 2.09. The SMILES string of the molecule is CCCn1nnc(C=O)c1COc1cccc(OC)c1. The Labute approximate surface area is 117 Å². The number of ether oxygens (including phenoxy) is 2. The van der Waals surface area contributed by atoms with Gasteiger partial charge >= 0.3 is 0 Å². The average molecular weight is 275 g/mol. The van der Waals surface area contributed by atoms with E-state index in [-0.39, 0.29) is 6.61 Å². The molecular formula is C14H17N3O3. The van der Waals surface area contributed by atoms with Crippen LogP contribution in [0.4, 0.5) is 0 Å². The van der Waals surface area contributed by atoms with Crippen molar-refractivity contribution in [3.63, 3.8) is 0 Å². The molecule has 20 heavy (non-hydrogen) atoms. The maximum absolute atomic E-state index is 11.0. The smallest absolute Gasteiger partial charge is 0.172 e. The minimum atomic E-state index is 0.244. The van der Waals surface area contributed by atoms with Gasteiger partial charge in [0.25, 0.3) is 0 Å². The van der Waals surface area contributed by atoms with Crippen molar-refractivity contribution < 1.29 is 14.3 Å². The molecule has 0 spiro atoms. The molecule has 0 aliphatic rings. The van der Waals surface area contributed by atoms with Crippen molar-refractivity contribution in [3.8, 4) is 11.5 Å². The summed E-state index contributed by atoms with van der Waals surface area (Å²) in [5.41, 5.74) is 1.01. The van der Waals surface area contributed by atoms with Crippen LogP contribution in [0.3, 0.4) is 0 Å². The molecule has 0 fully saturated rings. The Hall–Kier alpha value is -2.37. The van der Waals surface area contributed by atoms with Crippen LogP contribution in [-0.2, 0) is 13.2 Å². The van der Waals surface area contributed by atoms with Gasteiger partial charge in [0.2, 0.25) is 0 Å². The standard InChI is InChI=1S/C14H17N3O3/c1-3-7-17-14(13(9-18)15-16-17)10-20-12-6-4-5-11(8-12)19-2/h4-6,8-9H,3,7,10H2,1-2H3. The van der Waals surface area contributed by atoms with Crippen molar-refractivity contribution in [2.24, 2.45) is 0 Å². The summed E-state index contributed by atoms with van der Waals surface area (Å²) in [4.78, 5) is 11.0. The minimum absolute atomic E-state index is 0.244. The third-order valence-electron chi connectivity index (χ3n) is 2.83. The van der Waals surface area contributed by atoms with E-state index in [0.29, 0.717) is 30.0 Å². The Morgan fingerprint density at radius 2 is 2.15 bits per heavy atom. The van der Waals surface area contributed by atoms with E-state index in [1.165, 1.54) is 0 Å². The molecule has 0 unspecified atom stereocenters. The molecule has 1 aromatic heterocycles. The highest BCUT2D eigenvalue weighted by Crippen LogP contribution is 2.20. The quantitative estimate of drug-likeness (QED) is 0.724. The van der Waals surface area contributed by atoms with E-state index < -0.39 is 0 Å². The molecule has 0 radical (unpaired) electrons. The van der Waals surface area contributed by atoms with Gasteiger partial charge in [0, 0.05) is 12.6 Å². The molecule has 0 saturated carbocycles. The highest BCUT2D eigenvalue weighted by Gasteiger charge is 2.12. The predicted molar refractivity (Wildman–Crippen MR) is 73.0 cm³/mol. The fourth-order valence-corrected chi connectivity index (χ4v) is 1.82. The second kappa shape index (κ2) is 6.70. The number of carbonyl (C=O) groups excluding carboxylic acids is 1. The lowest BCUT2D eigenvalue weighted by Gasteiger charge is -2.09. The number of hydrogen-bond donors (Lipinski definition) is 0. The molecule has 0 amide bonds. The maximum Gasteiger partial charge on any atom is 0.172 e. The highest BCUT2D eigenvalue weighted by atomic mass is 16.5. The molecule has 0 atom stereocenters. The van der Waals surface area contributed by atoms with Crippen LogP contribution in [0.15, 0.2) is 24.3 Å². The van der Waals surface area contributed by atoms with E-state index >= 15 is 0 Å². The molecule has 0 N–H and O–H groups in total. The van der Waals surface area contributed by atoms with E-state index in [1.807, 2.05) is 25.1 Å². The molecule has 106 valence electrons. The number of aromatic nitrogens is 3. The van der Waals surface area contributed by atoms with Crippen molar-refractivity contribution in [2.75, 3.05) is 7.11 Å². The van der Waals surface area contributed by atoms with Crippen LogP contribution in [0.2, 0.25) is 0 Å². The average Bonchev–Trinajstić information content (AvgIpc) is 2.88. The molecule has 2 aromatic rings. The third kappa shape index (κ3) is 3.14. The van der Waals surface area contributed by atoms with Gasteiger partial charge in [-0.3, -0.25) is 4.79 Å². The van der Waals surface area contributed by atoms with Gasteiger partial charge in [-0.25, -0.2) is 4.68 Å². The number of benzene rings is 1. The first-order valence-electron chi connectivity index (χ1n) is 6.43. The first-order valence-corrected chi connectivity index (χ1v) is 6.43. The summed E-state index contributed by atoms with van der Waals surface area (Å²) >= 11 is 0. The number of methoxy groups -OCH3 is 1. The van der Waals surface area contributed by atoms with Gasteiger partial charge in [-0.2, -0.15) is 0 Å². The fraction of sp³-hybridized carbons (Fsp3) is 0.357. The lowest BCUT2D eigenvalue weighted by atomic mass is 10.3. The van der Waals surface area contributed by atoms with Gasteiger partial charge < -0.3 is 9.47 Å². The van der Waals surface area contributed by atoms with E-state index in [4.69, 9.17) is 9.47 Å². The van der Waals surface area contributed by atoms with E-state index in [9.17, 15) is 4.79 Å². The van der Waals surface area contributed by atoms with E-state index in [2.05, 4.69) is 10.3 Å². The van der Waals surface area contributed by atoms with E-state index in [1.54, 1.807) is 17.9 Å². The van der Waals surface area contributed by atoms with Crippen LogP contribution in [0.1, 0.15) is 29.5 Å². The summed E-state index contributed by atoms with van der Waals surface area (Å²) in [5.74, 6) is 1.39. The summed E-state index contributed by atoms with van der Waals surface area (Å²) < 4.78 is 12.5. The molecule has 1 aromatic carbocycles. The number of nitrogens with zero attached hydrogens (tertiary/aromatic N) is 3. The summed E-state index contributed by atoms with van der Waals surface area (Å²) in [7, 11) is 1.60. The Bertz CT molecular complexity index is 581. The lowest BCUT2D eigenvalue weighted by molar-refractivity contribution is 0.111. The molecule has 6 heteroatoms. The number of carbonyl (C=O) groups is 1. The van der Waals surface area contributed by atoms with Gasteiger partial charge in [0.15, 0.2) is 12.0 Å². The number of hydrogen-bond acceptors (Lipinski definition) is 5. The normalized spacial score (nSPS) is 10.3. The molecule has 0 saturated heterocycles. The Morgan fingerprint density at radius 1 is 1.35 bits per heavy atom. The highest BCUT2D eigenvalue weighted by molar-refractivity contribution is 5.73. The zero-order chi connectivity index (χ0) is 14.4. The van der Waals surface area contributed by atoms with Crippen LogP contribution < -0.4 is 9.47 Å². The van der Waals surface area contributed by atoms with Crippen LogP contribution in [-0.4, -0.2) is 28.4 Å². The molecule has 0 aliphatic carbocycles. The molecule has 0 aliphatic heterocycles. The maximum atomic E-state index is 11.0. The molecule has 1 heterocycles. The second-order valence-corrected chi connectivity index (χ2v) is 4.23. The van der Waals surface area contributed by atoms with Gasteiger partial charge in [0.05, 0.1) is 7.11 Å². The molecule has 2 rings (SSSR count). The Morgan fingerprint density at radius 3 is 2.85 bits per heavy atom. The monoisotopic (exact) mass is 275 g/mol. The topological polar surface area (TPSA) is 66.2 Å². The zero-order valence-corrected chi connectivity index (χ0v) is 11.6. The third-order valence-corrected chi connectivity index (χ3v) is 2.83. The number of aryl methyl sites for hydroxylation is 1. The summed E-state index contributed by atoms with van der Waals surface area (Å²) in [6.45, 7) is 2.99. The van der Waals surface area contributed by atoms with Crippen LogP contribution >= 0.6 is 0 Å². The largest absolute Gasteiger partial charge is 0.497 e.